The Morgan fingerprint density at radius 3 is 2.57 bits per heavy atom. The number of rotatable bonds is 2. The van der Waals surface area contributed by atoms with Gasteiger partial charge in [0.25, 0.3) is 0 Å². The van der Waals surface area contributed by atoms with Gasteiger partial charge in [0, 0.05) is 0 Å². The van der Waals surface area contributed by atoms with Crippen molar-refractivity contribution in [1.29, 1.82) is 0 Å². The zero-order valence-corrected chi connectivity index (χ0v) is 8.24. The van der Waals surface area contributed by atoms with E-state index in [0.717, 1.165) is 11.4 Å². The van der Waals surface area contributed by atoms with Gasteiger partial charge in [-0.05, 0) is 18.2 Å². The van der Waals surface area contributed by atoms with Gasteiger partial charge in [-0.2, -0.15) is 5.10 Å². The highest BCUT2D eigenvalue weighted by Crippen LogP contribution is 2.09. The van der Waals surface area contributed by atoms with Crippen LogP contribution in [0.5, 0.6) is 0 Å². The van der Waals surface area contributed by atoms with Gasteiger partial charge < -0.3 is 5.73 Å². The first-order valence-corrected chi connectivity index (χ1v) is 4.59. The highest BCUT2D eigenvalue weighted by molar-refractivity contribution is 7.80. The highest BCUT2D eigenvalue weighted by atomic mass is 32.1. The van der Waals surface area contributed by atoms with Crippen molar-refractivity contribution in [2.45, 2.75) is 0 Å². The van der Waals surface area contributed by atoms with Crippen LogP contribution in [0.2, 0.25) is 0 Å². The zero-order valence-electron chi connectivity index (χ0n) is 7.42. The molecule has 0 aliphatic carbocycles. The normalized spacial score (nSPS) is 10.0. The second-order valence-corrected chi connectivity index (χ2v) is 3.27. The van der Waals surface area contributed by atoms with Crippen LogP contribution in [0, 0.1) is 0 Å². The van der Waals surface area contributed by atoms with E-state index in [9.17, 15) is 0 Å². The Labute approximate surface area is 87.2 Å². The molecule has 0 bridgehead atoms. The molecular formula is C10H9N3S. The molecule has 0 aliphatic rings. The monoisotopic (exact) mass is 203 g/mol. The zero-order chi connectivity index (χ0) is 9.97. The van der Waals surface area contributed by atoms with Crippen molar-refractivity contribution in [2.75, 3.05) is 0 Å². The van der Waals surface area contributed by atoms with Gasteiger partial charge in [-0.15, -0.1) is 0 Å². The van der Waals surface area contributed by atoms with Gasteiger partial charge in [0.2, 0.25) is 0 Å². The molecule has 2 aromatic rings. The number of aromatic nitrogens is 2. The Morgan fingerprint density at radius 1 is 1.21 bits per heavy atom. The van der Waals surface area contributed by atoms with Crippen molar-refractivity contribution in [3.05, 3.63) is 48.3 Å². The van der Waals surface area contributed by atoms with Crippen molar-refractivity contribution < 1.29 is 0 Å². The van der Waals surface area contributed by atoms with Gasteiger partial charge in [0.15, 0.2) is 0 Å². The van der Waals surface area contributed by atoms with Crippen LogP contribution in [0.4, 0.5) is 0 Å². The summed E-state index contributed by atoms with van der Waals surface area (Å²) in [5.74, 6) is 0. The molecule has 0 spiro atoms. The van der Waals surface area contributed by atoms with E-state index in [1.165, 1.54) is 0 Å². The Kier molecular flexibility index (Phi) is 2.28. The van der Waals surface area contributed by atoms with Crippen molar-refractivity contribution >= 4 is 17.2 Å². The molecule has 4 heteroatoms. The van der Waals surface area contributed by atoms with Gasteiger partial charge >= 0.3 is 0 Å². The SMILES string of the molecule is NC(=S)c1ccnn1-c1ccccc1. The first-order chi connectivity index (χ1) is 6.79. The van der Waals surface area contributed by atoms with Crippen LogP contribution < -0.4 is 5.73 Å². The fourth-order valence-corrected chi connectivity index (χ4v) is 1.42. The van der Waals surface area contributed by atoms with Crippen molar-refractivity contribution in [3.63, 3.8) is 0 Å². The van der Waals surface area contributed by atoms with Crippen LogP contribution in [-0.2, 0) is 0 Å². The summed E-state index contributed by atoms with van der Waals surface area (Å²) in [4.78, 5) is 0.353. The molecule has 2 rings (SSSR count). The van der Waals surface area contributed by atoms with E-state index in [1.54, 1.807) is 16.9 Å². The average Bonchev–Trinajstić information content (AvgIpc) is 2.67. The lowest BCUT2D eigenvalue weighted by molar-refractivity contribution is 0.872. The lowest BCUT2D eigenvalue weighted by Crippen LogP contribution is -2.15. The number of para-hydroxylation sites is 1. The van der Waals surface area contributed by atoms with Gasteiger partial charge in [-0.3, -0.25) is 0 Å². The average molecular weight is 203 g/mol. The first-order valence-electron chi connectivity index (χ1n) is 4.18. The molecule has 3 nitrogen and oxygen atoms in total. The summed E-state index contributed by atoms with van der Waals surface area (Å²) in [7, 11) is 0. The van der Waals surface area contributed by atoms with E-state index in [-0.39, 0.29) is 0 Å². The van der Waals surface area contributed by atoms with Crippen molar-refractivity contribution in [2.24, 2.45) is 5.73 Å². The molecular weight excluding hydrogens is 194 g/mol. The number of hydrogen-bond donors (Lipinski definition) is 1. The standard InChI is InChI=1S/C10H9N3S/c11-10(14)9-6-7-12-13(9)8-4-2-1-3-5-8/h1-7H,(H2,11,14). The quantitative estimate of drug-likeness (QED) is 0.752. The second-order valence-electron chi connectivity index (χ2n) is 2.83. The molecule has 0 fully saturated rings. The van der Waals surface area contributed by atoms with E-state index in [4.69, 9.17) is 18.0 Å². The maximum atomic E-state index is 5.57. The number of hydrogen-bond acceptors (Lipinski definition) is 2. The number of benzene rings is 1. The van der Waals surface area contributed by atoms with E-state index in [2.05, 4.69) is 5.10 Å². The largest absolute Gasteiger partial charge is 0.388 e. The summed E-state index contributed by atoms with van der Waals surface area (Å²) in [6.07, 6.45) is 1.68. The minimum Gasteiger partial charge on any atom is -0.388 e. The minimum absolute atomic E-state index is 0.353. The van der Waals surface area contributed by atoms with Gasteiger partial charge in [-0.1, -0.05) is 30.4 Å². The fraction of sp³-hybridized carbons (Fsp3) is 0. The van der Waals surface area contributed by atoms with Gasteiger partial charge in [0.1, 0.15) is 10.7 Å². The summed E-state index contributed by atoms with van der Waals surface area (Å²) in [6.45, 7) is 0. The smallest absolute Gasteiger partial charge is 0.122 e. The van der Waals surface area contributed by atoms with Crippen LogP contribution >= 0.6 is 12.2 Å². The third kappa shape index (κ3) is 1.52. The van der Waals surface area contributed by atoms with E-state index < -0.39 is 0 Å². The maximum absolute atomic E-state index is 5.57. The maximum Gasteiger partial charge on any atom is 0.122 e. The predicted octanol–water partition coefficient (Wildman–Crippen LogP) is 1.51. The van der Waals surface area contributed by atoms with Gasteiger partial charge in [0.05, 0.1) is 11.9 Å². The molecule has 0 unspecified atom stereocenters. The number of nitrogens with two attached hydrogens (primary N) is 1. The van der Waals surface area contributed by atoms with E-state index in [0.29, 0.717) is 4.99 Å². The number of nitrogens with zero attached hydrogens (tertiary/aromatic N) is 2. The summed E-state index contributed by atoms with van der Waals surface area (Å²) in [5, 5.41) is 4.16. The molecule has 0 saturated carbocycles. The molecule has 70 valence electrons. The molecule has 2 N–H and O–H groups in total. The fourth-order valence-electron chi connectivity index (χ4n) is 1.26. The Balaban J connectivity index is 2.52. The Morgan fingerprint density at radius 2 is 1.93 bits per heavy atom. The lowest BCUT2D eigenvalue weighted by atomic mass is 10.3. The molecule has 0 saturated heterocycles. The second kappa shape index (κ2) is 3.59. The summed E-state index contributed by atoms with van der Waals surface area (Å²) in [6, 6.07) is 11.5. The third-order valence-electron chi connectivity index (χ3n) is 1.90. The molecule has 1 aromatic carbocycles. The van der Waals surface area contributed by atoms with Crippen LogP contribution in [0.25, 0.3) is 5.69 Å². The highest BCUT2D eigenvalue weighted by Gasteiger charge is 2.05. The molecule has 14 heavy (non-hydrogen) atoms. The predicted molar refractivity (Wildman–Crippen MR) is 59.5 cm³/mol. The summed E-state index contributed by atoms with van der Waals surface area (Å²) >= 11 is 4.92. The minimum atomic E-state index is 0.353. The molecule has 0 amide bonds. The molecule has 1 heterocycles. The van der Waals surface area contributed by atoms with Crippen LogP contribution in [0.15, 0.2) is 42.6 Å². The van der Waals surface area contributed by atoms with Crippen LogP contribution in [0.1, 0.15) is 5.69 Å². The molecule has 1 aromatic heterocycles. The molecule has 0 aliphatic heterocycles. The Bertz CT molecular complexity index is 447. The van der Waals surface area contributed by atoms with Crippen LogP contribution in [-0.4, -0.2) is 14.8 Å². The first kappa shape index (κ1) is 8.90. The van der Waals surface area contributed by atoms with Crippen molar-refractivity contribution in [3.8, 4) is 5.69 Å². The molecule has 0 atom stereocenters. The molecule has 0 radical (unpaired) electrons. The topological polar surface area (TPSA) is 43.8 Å². The van der Waals surface area contributed by atoms with Gasteiger partial charge in [-0.25, -0.2) is 4.68 Å². The number of thiocarbonyl (C=S) groups is 1. The lowest BCUT2D eigenvalue weighted by Gasteiger charge is -2.04. The van der Waals surface area contributed by atoms with E-state index >= 15 is 0 Å². The third-order valence-corrected chi connectivity index (χ3v) is 2.11. The van der Waals surface area contributed by atoms with Crippen molar-refractivity contribution in [1.82, 2.24) is 9.78 Å². The summed E-state index contributed by atoms with van der Waals surface area (Å²) in [5.41, 5.74) is 7.28. The van der Waals surface area contributed by atoms with E-state index in [1.807, 2.05) is 30.3 Å². The Hall–Kier alpha value is -1.68. The van der Waals surface area contributed by atoms with Crippen LogP contribution in [0.3, 0.4) is 0 Å². The summed E-state index contributed by atoms with van der Waals surface area (Å²) < 4.78 is 1.72.